The number of aryl methyl sites for hydroxylation is 1. The van der Waals surface area contributed by atoms with Crippen LogP contribution in [0.2, 0.25) is 0 Å². The predicted octanol–water partition coefficient (Wildman–Crippen LogP) is 2.36. The second kappa shape index (κ2) is 5.22. The first-order chi connectivity index (χ1) is 8.81. The maximum Gasteiger partial charge on any atom is 0.221 e. The van der Waals surface area contributed by atoms with Gasteiger partial charge in [-0.3, -0.25) is 0 Å². The van der Waals surface area contributed by atoms with E-state index in [1.807, 2.05) is 13.1 Å². The molecule has 0 aliphatic heterocycles. The van der Waals surface area contributed by atoms with E-state index in [9.17, 15) is 0 Å². The van der Waals surface area contributed by atoms with E-state index in [2.05, 4.69) is 15.3 Å². The minimum atomic E-state index is 0.360. The van der Waals surface area contributed by atoms with Crippen molar-refractivity contribution in [3.05, 3.63) is 17.6 Å². The second-order valence-corrected chi connectivity index (χ2v) is 5.43. The minimum Gasteiger partial charge on any atom is -0.474 e. The molecule has 1 N–H and O–H groups in total. The molecule has 0 spiro atoms. The van der Waals surface area contributed by atoms with Crippen LogP contribution in [-0.4, -0.2) is 22.1 Å². The van der Waals surface area contributed by atoms with Gasteiger partial charge >= 0.3 is 0 Å². The number of ether oxygens (including phenoxy) is 1. The Morgan fingerprint density at radius 3 is 2.78 bits per heavy atom. The van der Waals surface area contributed by atoms with E-state index < -0.39 is 0 Å². The highest BCUT2D eigenvalue weighted by Crippen LogP contribution is 2.26. The summed E-state index contributed by atoms with van der Waals surface area (Å²) >= 11 is 0. The average Bonchev–Trinajstić information content (AvgIpc) is 3.05. The Morgan fingerprint density at radius 2 is 2.06 bits per heavy atom. The van der Waals surface area contributed by atoms with E-state index in [0.29, 0.717) is 12.1 Å². The fourth-order valence-corrected chi connectivity index (χ4v) is 2.40. The third kappa shape index (κ3) is 2.99. The molecular weight excluding hydrogens is 226 g/mol. The first-order valence-corrected chi connectivity index (χ1v) is 7.04. The standard InChI is InChI=1S/C14H21N3O/c1-10-15-8-11(9-16-12-6-7-12)14(17-10)18-13-4-2-3-5-13/h8,12-13,16H,2-7,9H2,1H3. The number of nitrogens with one attached hydrogen (secondary N) is 1. The second-order valence-electron chi connectivity index (χ2n) is 5.43. The molecule has 0 radical (unpaired) electrons. The highest BCUT2D eigenvalue weighted by Gasteiger charge is 2.22. The Morgan fingerprint density at radius 1 is 1.28 bits per heavy atom. The molecule has 1 aromatic heterocycles. The van der Waals surface area contributed by atoms with E-state index >= 15 is 0 Å². The van der Waals surface area contributed by atoms with Crippen LogP contribution in [0, 0.1) is 6.92 Å². The molecule has 3 rings (SSSR count). The summed E-state index contributed by atoms with van der Waals surface area (Å²) in [5.74, 6) is 1.58. The maximum absolute atomic E-state index is 6.05. The Hall–Kier alpha value is -1.16. The van der Waals surface area contributed by atoms with E-state index in [1.54, 1.807) is 0 Å². The molecule has 4 heteroatoms. The molecule has 1 aromatic rings. The van der Waals surface area contributed by atoms with Gasteiger partial charge in [0.05, 0.1) is 0 Å². The van der Waals surface area contributed by atoms with Gasteiger partial charge < -0.3 is 10.1 Å². The molecule has 98 valence electrons. The van der Waals surface area contributed by atoms with Crippen molar-refractivity contribution in [3.8, 4) is 5.88 Å². The Labute approximate surface area is 108 Å². The fourth-order valence-electron chi connectivity index (χ4n) is 2.40. The highest BCUT2D eigenvalue weighted by molar-refractivity contribution is 5.24. The lowest BCUT2D eigenvalue weighted by atomic mass is 10.3. The van der Waals surface area contributed by atoms with Crippen LogP contribution >= 0.6 is 0 Å². The lowest BCUT2D eigenvalue weighted by molar-refractivity contribution is 0.198. The van der Waals surface area contributed by atoms with Crippen LogP contribution in [-0.2, 0) is 6.54 Å². The Bertz CT molecular complexity index is 412. The van der Waals surface area contributed by atoms with Gasteiger partial charge in [-0.1, -0.05) is 0 Å². The van der Waals surface area contributed by atoms with E-state index in [4.69, 9.17) is 4.74 Å². The molecular formula is C14H21N3O. The molecule has 4 nitrogen and oxygen atoms in total. The monoisotopic (exact) mass is 247 g/mol. The van der Waals surface area contributed by atoms with E-state index in [-0.39, 0.29) is 0 Å². The number of hydrogen-bond acceptors (Lipinski definition) is 4. The molecule has 0 aromatic carbocycles. The molecule has 0 unspecified atom stereocenters. The minimum absolute atomic E-state index is 0.360. The summed E-state index contributed by atoms with van der Waals surface area (Å²) in [5, 5.41) is 3.50. The third-order valence-electron chi connectivity index (χ3n) is 3.68. The van der Waals surface area contributed by atoms with Gasteiger partial charge in [0.2, 0.25) is 5.88 Å². The summed E-state index contributed by atoms with van der Waals surface area (Å²) in [6.45, 7) is 2.74. The largest absolute Gasteiger partial charge is 0.474 e. The quantitative estimate of drug-likeness (QED) is 0.867. The Kier molecular flexibility index (Phi) is 3.46. The number of aromatic nitrogens is 2. The van der Waals surface area contributed by atoms with Crippen LogP contribution in [0.4, 0.5) is 0 Å². The number of rotatable bonds is 5. The number of nitrogens with zero attached hydrogens (tertiary/aromatic N) is 2. The third-order valence-corrected chi connectivity index (χ3v) is 3.68. The van der Waals surface area contributed by atoms with E-state index in [0.717, 1.165) is 23.8 Å². The van der Waals surface area contributed by atoms with E-state index in [1.165, 1.54) is 38.5 Å². The van der Waals surface area contributed by atoms with Crippen LogP contribution in [0.5, 0.6) is 5.88 Å². The molecule has 2 aliphatic rings. The van der Waals surface area contributed by atoms with Gasteiger partial charge in [-0.05, 0) is 45.4 Å². The van der Waals surface area contributed by atoms with Crippen molar-refractivity contribution >= 4 is 0 Å². The summed E-state index contributed by atoms with van der Waals surface area (Å²) in [5.41, 5.74) is 1.10. The van der Waals surface area contributed by atoms with Crippen LogP contribution in [0.15, 0.2) is 6.20 Å². The lowest BCUT2D eigenvalue weighted by Crippen LogP contribution is -2.19. The molecule has 2 aliphatic carbocycles. The SMILES string of the molecule is Cc1ncc(CNC2CC2)c(OC2CCCC2)n1. The predicted molar refractivity (Wildman–Crippen MR) is 69.5 cm³/mol. The molecule has 0 amide bonds. The summed E-state index contributed by atoms with van der Waals surface area (Å²) in [6, 6.07) is 0.700. The van der Waals surface area contributed by atoms with Gasteiger partial charge in [-0.2, -0.15) is 4.98 Å². The topological polar surface area (TPSA) is 47.0 Å². The van der Waals surface area contributed by atoms with Gasteiger partial charge in [0.25, 0.3) is 0 Å². The van der Waals surface area contributed by atoms with Crippen molar-refractivity contribution in [2.45, 2.75) is 64.1 Å². The average molecular weight is 247 g/mol. The van der Waals surface area contributed by atoms with Crippen molar-refractivity contribution < 1.29 is 4.74 Å². The van der Waals surface area contributed by atoms with Gasteiger partial charge in [-0.25, -0.2) is 4.98 Å². The summed E-state index contributed by atoms with van der Waals surface area (Å²) in [6.07, 6.45) is 9.75. The molecule has 0 bridgehead atoms. The highest BCUT2D eigenvalue weighted by atomic mass is 16.5. The Balaban J connectivity index is 1.69. The van der Waals surface area contributed by atoms with Crippen molar-refractivity contribution in [2.24, 2.45) is 0 Å². The van der Waals surface area contributed by atoms with Crippen molar-refractivity contribution in [1.82, 2.24) is 15.3 Å². The normalized spacial score (nSPS) is 20.3. The van der Waals surface area contributed by atoms with Gasteiger partial charge in [0, 0.05) is 24.3 Å². The zero-order chi connectivity index (χ0) is 12.4. The fraction of sp³-hybridized carbons (Fsp3) is 0.714. The summed E-state index contributed by atoms with van der Waals surface area (Å²) in [4.78, 5) is 8.74. The van der Waals surface area contributed by atoms with Gasteiger partial charge in [0.1, 0.15) is 11.9 Å². The van der Waals surface area contributed by atoms with Crippen LogP contribution in [0.1, 0.15) is 49.9 Å². The van der Waals surface area contributed by atoms with Crippen LogP contribution in [0.25, 0.3) is 0 Å². The zero-order valence-corrected chi connectivity index (χ0v) is 11.0. The zero-order valence-electron chi connectivity index (χ0n) is 11.0. The summed E-state index contributed by atoms with van der Waals surface area (Å²) in [7, 11) is 0. The maximum atomic E-state index is 6.05. The van der Waals surface area contributed by atoms with Gasteiger partial charge in [-0.15, -0.1) is 0 Å². The van der Waals surface area contributed by atoms with Crippen molar-refractivity contribution in [2.75, 3.05) is 0 Å². The van der Waals surface area contributed by atoms with Crippen LogP contribution in [0.3, 0.4) is 0 Å². The molecule has 2 saturated carbocycles. The first-order valence-electron chi connectivity index (χ1n) is 7.04. The molecule has 18 heavy (non-hydrogen) atoms. The number of hydrogen-bond donors (Lipinski definition) is 1. The molecule has 0 saturated heterocycles. The van der Waals surface area contributed by atoms with Crippen molar-refractivity contribution in [1.29, 1.82) is 0 Å². The van der Waals surface area contributed by atoms with Gasteiger partial charge in [0.15, 0.2) is 0 Å². The summed E-state index contributed by atoms with van der Waals surface area (Å²) < 4.78 is 6.05. The molecule has 0 atom stereocenters. The smallest absolute Gasteiger partial charge is 0.221 e. The van der Waals surface area contributed by atoms with Crippen LogP contribution < -0.4 is 10.1 Å². The van der Waals surface area contributed by atoms with Crippen molar-refractivity contribution in [3.63, 3.8) is 0 Å². The lowest BCUT2D eigenvalue weighted by Gasteiger charge is -2.15. The molecule has 1 heterocycles. The first kappa shape index (κ1) is 11.9. The molecule has 2 fully saturated rings.